The molecule has 532 valence electrons. The first-order chi connectivity index (χ1) is 44.5. The molecule has 1 aromatic heterocycles. The average molecular weight is 1360 g/mol. The molecule has 29 heteroatoms. The fraction of sp³-hybridized carbons (Fsp3) is 0.692. The van der Waals surface area contributed by atoms with E-state index in [4.69, 9.17) is 33.2 Å². The third-order valence-corrected chi connectivity index (χ3v) is 18.6. The van der Waals surface area contributed by atoms with Gasteiger partial charge < -0.3 is 131 Å². The second-order valence-corrected chi connectivity index (χ2v) is 26.2. The van der Waals surface area contributed by atoms with Crippen molar-refractivity contribution in [1.29, 1.82) is 0 Å². The summed E-state index contributed by atoms with van der Waals surface area (Å²) >= 11 is 1.47. The first-order valence-corrected chi connectivity index (χ1v) is 32.9. The summed E-state index contributed by atoms with van der Waals surface area (Å²) in [6.07, 6.45) is -13.2. The van der Waals surface area contributed by atoms with E-state index >= 15 is 0 Å². The molecule has 0 radical (unpaired) electrons. The number of ether oxygens (including phenoxy) is 7. The molecule has 0 saturated carbocycles. The number of allylic oxidation sites excluding steroid dienone is 12. The lowest BCUT2D eigenvalue weighted by Gasteiger charge is -2.48. The molecule has 0 aliphatic carbocycles. The fourth-order valence-electron chi connectivity index (χ4n) is 11.9. The predicted molar refractivity (Wildman–Crippen MR) is 336 cm³/mol. The summed E-state index contributed by atoms with van der Waals surface area (Å²) in [6.45, 7) is 4.43. The van der Waals surface area contributed by atoms with Crippen LogP contribution >= 0.6 is 11.3 Å². The topological polar surface area (TPSA) is 467 Å². The van der Waals surface area contributed by atoms with Crippen molar-refractivity contribution in [2.45, 2.75) is 238 Å². The summed E-state index contributed by atoms with van der Waals surface area (Å²) < 4.78 is 40.8. The van der Waals surface area contributed by atoms with Gasteiger partial charge in [0.05, 0.1) is 105 Å². The Labute approximate surface area is 550 Å². The zero-order valence-corrected chi connectivity index (χ0v) is 54.0. The normalized spacial score (nSPS) is 45.0. The number of hydrogen-bond acceptors (Lipinski definition) is 28. The first kappa shape index (κ1) is 78.9. The Hall–Kier alpha value is -4.14. The minimum absolute atomic E-state index is 0.133. The summed E-state index contributed by atoms with van der Waals surface area (Å²) in [4.78, 5) is 28.0. The van der Waals surface area contributed by atoms with E-state index in [1.54, 1.807) is 92.8 Å². The highest BCUT2D eigenvalue weighted by Crippen LogP contribution is 2.39. The van der Waals surface area contributed by atoms with Crippen LogP contribution in [0.2, 0.25) is 0 Å². The maximum absolute atomic E-state index is 14.3. The molecule has 0 spiro atoms. The standard InChI is InChI=1S/C65H100N2O26S/c1-35-18-15-13-11-9-7-5-6-8-10-12-14-16-19-42(90-62-56(80)52(54(78)38(4)89-62)67-34-65(86)60(83)59(47(75)33-87-65)92-63-58(82)57(81)55(79)49(32-68)91-63)29-48-51(61(84)66-24-23-43-20-17-25-94-43)46(74)31-64(85,93-48)30-41(71)27-45(73)44(72)22-21-39(69)26-40(70)28-50(76)88-37(3)36(2)53(35)77/h5-20,25,35-42,44-49,51-60,62-63,67-75,77-83,85-86H,21-24,26-34H2,1-4H3,(H,66,84)/b6-5+,9-7+,10-8+,13-11+,14-12+,18-15+,19-16+/t35-,36-,37-,38+,39+,40+,41-,42-,44+,45+,46-,47+,48?,49+,51?,52-,53+,54+,55+,56-,57-,58+,59+,60-,62?,63?,64+,65+/m0/s1. The molecule has 6 heterocycles. The number of hydrogen-bond donors (Lipinski definition) is 19. The van der Waals surface area contributed by atoms with Crippen molar-refractivity contribution in [3.63, 3.8) is 0 Å². The van der Waals surface area contributed by atoms with Gasteiger partial charge in [0.2, 0.25) is 11.7 Å². The molecule has 0 aromatic carbocycles. The molecule has 1 amide bonds. The fourth-order valence-corrected chi connectivity index (χ4v) is 12.6. The van der Waals surface area contributed by atoms with Crippen molar-refractivity contribution in [1.82, 2.24) is 10.6 Å². The quantitative estimate of drug-likeness (QED) is 0.0947. The van der Waals surface area contributed by atoms with Crippen LogP contribution in [-0.4, -0.2) is 277 Å². The highest BCUT2D eigenvalue weighted by atomic mass is 32.1. The monoisotopic (exact) mass is 1360 g/mol. The van der Waals surface area contributed by atoms with Gasteiger partial charge in [-0.2, -0.15) is 0 Å². The molecule has 5 aliphatic rings. The summed E-state index contributed by atoms with van der Waals surface area (Å²) in [5.74, 6) is -8.77. The number of rotatable bonds is 12. The number of carbonyl (C=O) groups excluding carboxylic acids is 2. The maximum Gasteiger partial charge on any atom is 0.308 e. The van der Waals surface area contributed by atoms with Crippen molar-refractivity contribution in [3.8, 4) is 0 Å². The molecular formula is C65H100N2O26S. The summed E-state index contributed by atoms with van der Waals surface area (Å²) in [7, 11) is 0. The number of fused-ring (bicyclic) bond motifs is 2. The van der Waals surface area contributed by atoms with Gasteiger partial charge >= 0.3 is 5.97 Å². The largest absolute Gasteiger partial charge is 0.462 e. The van der Waals surface area contributed by atoms with E-state index < -0.39 is 228 Å². The van der Waals surface area contributed by atoms with Crippen LogP contribution in [0.5, 0.6) is 0 Å². The minimum atomic E-state index is -2.67. The van der Waals surface area contributed by atoms with E-state index in [1.165, 1.54) is 24.3 Å². The SMILES string of the molecule is C[C@@H]1[C@H](O)[C@@H](C)/C=C/C=C/C=C/C=C/C=C/C=C/C=C/[C@H](OC2O[C@H](C)[C@@H](O)[C@H](NC[C@@]3(O)OC[C@@H](O)[C@@H](OC4O[C@H](CO)[C@@H](O)[C@H](O)[C@H]4O)[C@@H]3O)[C@@H]2O)CC2O[C@](O)(C[C@@H](O)C[C@@H](O)[C@H](O)CC[C@@H](O)C[C@@H](O)CC(=O)O[C@H]1C)C[C@H](O)C2C(=O)NCCc1cccs1. The second kappa shape index (κ2) is 37.7. The van der Waals surface area contributed by atoms with Gasteiger partial charge in [-0.1, -0.05) is 105 Å². The zero-order chi connectivity index (χ0) is 69.0. The molecule has 1 aromatic rings. The lowest BCUT2D eigenvalue weighted by Crippen LogP contribution is -2.70. The number of aliphatic hydroxyl groups is 17. The van der Waals surface area contributed by atoms with Gasteiger partial charge in [0.15, 0.2) is 18.4 Å². The van der Waals surface area contributed by atoms with E-state index in [0.717, 1.165) is 4.88 Å². The van der Waals surface area contributed by atoms with E-state index in [1.807, 2.05) is 24.4 Å². The van der Waals surface area contributed by atoms with Crippen molar-refractivity contribution >= 4 is 23.2 Å². The van der Waals surface area contributed by atoms with E-state index in [9.17, 15) is 96.4 Å². The van der Waals surface area contributed by atoms with Gasteiger partial charge in [-0.3, -0.25) is 9.59 Å². The van der Waals surface area contributed by atoms with E-state index in [2.05, 4.69) is 10.6 Å². The van der Waals surface area contributed by atoms with Crippen LogP contribution in [0.15, 0.2) is 103 Å². The average Bonchev–Trinajstić information content (AvgIpc) is 0.801. The highest BCUT2D eigenvalue weighted by molar-refractivity contribution is 7.09. The molecule has 4 unspecified atom stereocenters. The minimum Gasteiger partial charge on any atom is -0.462 e. The lowest BCUT2D eigenvalue weighted by atomic mass is 9.82. The van der Waals surface area contributed by atoms with Gasteiger partial charge in [-0.25, -0.2) is 0 Å². The Bertz CT molecular complexity index is 2650. The number of carbonyl (C=O) groups is 2. The van der Waals surface area contributed by atoms with Crippen molar-refractivity contribution in [3.05, 3.63) is 107 Å². The maximum atomic E-state index is 14.3. The number of aliphatic hydroxyl groups excluding tert-OH is 15. The van der Waals surface area contributed by atoms with Crippen molar-refractivity contribution < 1.29 is 130 Å². The molecular weight excluding hydrogens is 1260 g/mol. The Morgan fingerprint density at radius 2 is 1.29 bits per heavy atom. The number of thiophene rings is 1. The molecule has 28 atom stereocenters. The number of cyclic esters (lactones) is 1. The Balaban J connectivity index is 1.26. The van der Waals surface area contributed by atoms with Crippen LogP contribution < -0.4 is 10.6 Å². The third-order valence-electron chi connectivity index (χ3n) is 17.6. The lowest BCUT2D eigenvalue weighted by molar-refractivity contribution is -0.368. The summed E-state index contributed by atoms with van der Waals surface area (Å²) in [6, 6.07) is 2.26. The first-order valence-electron chi connectivity index (χ1n) is 32.0. The Kier molecular flexibility index (Phi) is 31.6. The van der Waals surface area contributed by atoms with Crippen LogP contribution in [0.4, 0.5) is 0 Å². The second-order valence-electron chi connectivity index (χ2n) is 25.1. The molecule has 4 saturated heterocycles. The molecule has 28 nitrogen and oxygen atoms in total. The highest BCUT2D eigenvalue weighted by Gasteiger charge is 2.55. The van der Waals surface area contributed by atoms with Crippen LogP contribution in [0, 0.1) is 17.8 Å². The molecule has 94 heavy (non-hydrogen) atoms. The van der Waals surface area contributed by atoms with Gasteiger partial charge in [0.1, 0.15) is 54.9 Å². The predicted octanol–water partition coefficient (Wildman–Crippen LogP) is -2.70. The smallest absolute Gasteiger partial charge is 0.308 e. The third kappa shape index (κ3) is 23.0. The molecule has 6 rings (SSSR count). The zero-order valence-electron chi connectivity index (χ0n) is 53.2. The summed E-state index contributed by atoms with van der Waals surface area (Å²) in [5, 5.41) is 196. The molecule has 19 N–H and O–H groups in total. The van der Waals surface area contributed by atoms with Gasteiger partial charge in [-0.05, 0) is 51.0 Å². The summed E-state index contributed by atoms with van der Waals surface area (Å²) in [5.41, 5.74) is 0. The number of amides is 1. The van der Waals surface area contributed by atoms with Crippen LogP contribution in [0.1, 0.15) is 83.9 Å². The molecule has 5 aliphatic heterocycles. The van der Waals surface area contributed by atoms with E-state index in [0.29, 0.717) is 6.42 Å². The van der Waals surface area contributed by atoms with Crippen LogP contribution in [0.25, 0.3) is 0 Å². The molecule has 2 bridgehead atoms. The Morgan fingerprint density at radius 1 is 0.649 bits per heavy atom. The number of nitrogens with one attached hydrogen (secondary N) is 2. The van der Waals surface area contributed by atoms with Gasteiger partial charge in [0, 0.05) is 48.9 Å². The van der Waals surface area contributed by atoms with Crippen molar-refractivity contribution in [2.24, 2.45) is 17.8 Å². The Morgan fingerprint density at radius 3 is 1.93 bits per heavy atom. The molecule has 4 fully saturated rings. The van der Waals surface area contributed by atoms with Gasteiger partial charge in [-0.15, -0.1) is 11.3 Å². The number of esters is 1. The van der Waals surface area contributed by atoms with E-state index in [-0.39, 0.29) is 31.7 Å². The van der Waals surface area contributed by atoms with Gasteiger partial charge in [0.25, 0.3) is 0 Å². The van der Waals surface area contributed by atoms with Crippen molar-refractivity contribution in [2.75, 3.05) is 26.3 Å². The van der Waals surface area contributed by atoms with Crippen LogP contribution in [-0.2, 0) is 49.2 Å². The van der Waals surface area contributed by atoms with Crippen LogP contribution in [0.3, 0.4) is 0 Å².